The third-order valence-electron chi connectivity index (χ3n) is 3.43. The van der Waals surface area contributed by atoms with Crippen LogP contribution in [0.4, 0.5) is 0 Å². The molecule has 102 valence electrons. The predicted molar refractivity (Wildman–Crippen MR) is 79.7 cm³/mol. The van der Waals surface area contributed by atoms with Crippen molar-refractivity contribution in [2.45, 2.75) is 19.8 Å². The zero-order valence-corrected chi connectivity index (χ0v) is 11.6. The van der Waals surface area contributed by atoms with Gasteiger partial charge in [-0.05, 0) is 25.3 Å². The number of hydrogen-bond acceptors (Lipinski definition) is 2. The van der Waals surface area contributed by atoms with Crippen molar-refractivity contribution in [3.05, 3.63) is 71.8 Å². The molecule has 0 aliphatic rings. The van der Waals surface area contributed by atoms with Gasteiger partial charge in [0, 0.05) is 5.56 Å². The molecule has 1 atom stereocenters. The molecule has 0 radical (unpaired) electrons. The summed E-state index contributed by atoms with van der Waals surface area (Å²) in [6.45, 7) is 1.50. The minimum Gasteiger partial charge on any atom is -0.299 e. The highest BCUT2D eigenvalue weighted by atomic mass is 16.1. The Kier molecular flexibility index (Phi) is 4.83. The number of carbonyl (C=O) groups is 2. The normalized spacial score (nSPS) is 11.8. The monoisotopic (exact) mass is 266 g/mol. The summed E-state index contributed by atoms with van der Waals surface area (Å²) in [6, 6.07) is 19.0. The van der Waals surface area contributed by atoms with Crippen molar-refractivity contribution in [2.24, 2.45) is 5.92 Å². The van der Waals surface area contributed by atoms with E-state index in [-0.39, 0.29) is 11.6 Å². The number of ketones is 2. The lowest BCUT2D eigenvalue weighted by Crippen LogP contribution is -2.22. The molecule has 0 N–H and O–H groups in total. The van der Waals surface area contributed by atoms with E-state index in [0.29, 0.717) is 12.0 Å². The minimum atomic E-state index is -0.544. The Morgan fingerprint density at radius 1 is 0.900 bits per heavy atom. The SMILES string of the molecule is CC(=O)C(CCc1ccccc1)C(=O)c1ccccc1. The molecule has 0 spiro atoms. The average Bonchev–Trinajstić information content (AvgIpc) is 2.49. The van der Waals surface area contributed by atoms with Crippen LogP contribution in [0, 0.1) is 5.92 Å². The maximum atomic E-state index is 12.4. The van der Waals surface area contributed by atoms with Crippen LogP contribution in [0.15, 0.2) is 60.7 Å². The first-order valence-electron chi connectivity index (χ1n) is 6.82. The van der Waals surface area contributed by atoms with Crippen LogP contribution < -0.4 is 0 Å². The van der Waals surface area contributed by atoms with Crippen LogP contribution in [0.3, 0.4) is 0 Å². The quantitative estimate of drug-likeness (QED) is 0.590. The summed E-state index contributed by atoms with van der Waals surface area (Å²) in [4.78, 5) is 24.1. The predicted octanol–water partition coefficient (Wildman–Crippen LogP) is 3.71. The number of aryl methyl sites for hydroxylation is 1. The van der Waals surface area contributed by atoms with Crippen molar-refractivity contribution in [1.29, 1.82) is 0 Å². The lowest BCUT2D eigenvalue weighted by atomic mass is 9.89. The molecular weight excluding hydrogens is 248 g/mol. The molecule has 0 aromatic heterocycles. The number of hydrogen-bond donors (Lipinski definition) is 0. The first kappa shape index (κ1) is 14.2. The van der Waals surface area contributed by atoms with Gasteiger partial charge >= 0.3 is 0 Å². The van der Waals surface area contributed by atoms with Gasteiger partial charge in [0.05, 0.1) is 5.92 Å². The van der Waals surface area contributed by atoms with Crippen LogP contribution in [0.1, 0.15) is 29.3 Å². The molecule has 0 aliphatic carbocycles. The fourth-order valence-corrected chi connectivity index (χ4v) is 2.28. The van der Waals surface area contributed by atoms with Gasteiger partial charge in [-0.25, -0.2) is 0 Å². The van der Waals surface area contributed by atoms with Crippen molar-refractivity contribution in [3.63, 3.8) is 0 Å². The van der Waals surface area contributed by atoms with Gasteiger partial charge in [-0.3, -0.25) is 9.59 Å². The smallest absolute Gasteiger partial charge is 0.173 e. The van der Waals surface area contributed by atoms with Gasteiger partial charge in [0.15, 0.2) is 5.78 Å². The number of benzene rings is 2. The highest BCUT2D eigenvalue weighted by Gasteiger charge is 2.23. The maximum Gasteiger partial charge on any atom is 0.173 e. The first-order chi connectivity index (χ1) is 9.68. The molecular formula is C18H18O2. The molecule has 0 aliphatic heterocycles. The third-order valence-corrected chi connectivity index (χ3v) is 3.43. The minimum absolute atomic E-state index is 0.0604. The van der Waals surface area contributed by atoms with Crippen LogP contribution in [0.2, 0.25) is 0 Å². The Morgan fingerprint density at radius 3 is 2.00 bits per heavy atom. The van der Waals surface area contributed by atoms with E-state index < -0.39 is 5.92 Å². The van der Waals surface area contributed by atoms with Crippen LogP contribution in [-0.2, 0) is 11.2 Å². The number of carbonyl (C=O) groups excluding carboxylic acids is 2. The summed E-state index contributed by atoms with van der Waals surface area (Å²) in [6.07, 6.45) is 1.30. The topological polar surface area (TPSA) is 34.1 Å². The summed E-state index contributed by atoms with van der Waals surface area (Å²) in [7, 11) is 0. The van der Waals surface area contributed by atoms with Crippen molar-refractivity contribution in [2.75, 3.05) is 0 Å². The van der Waals surface area contributed by atoms with E-state index in [1.54, 1.807) is 12.1 Å². The lowest BCUT2D eigenvalue weighted by molar-refractivity contribution is -0.119. The fraction of sp³-hybridized carbons (Fsp3) is 0.222. The van der Waals surface area contributed by atoms with Crippen molar-refractivity contribution < 1.29 is 9.59 Å². The number of rotatable bonds is 6. The zero-order chi connectivity index (χ0) is 14.4. The molecule has 0 amide bonds. The molecule has 2 heteroatoms. The Labute approximate surface area is 119 Å². The molecule has 1 unspecified atom stereocenters. The molecule has 2 rings (SSSR count). The van der Waals surface area contributed by atoms with Crippen LogP contribution in [0.5, 0.6) is 0 Å². The lowest BCUT2D eigenvalue weighted by Gasteiger charge is -2.12. The van der Waals surface area contributed by atoms with Gasteiger partial charge in [-0.1, -0.05) is 60.7 Å². The second-order valence-corrected chi connectivity index (χ2v) is 4.92. The van der Waals surface area contributed by atoms with E-state index in [1.165, 1.54) is 6.92 Å². The van der Waals surface area contributed by atoms with Crippen molar-refractivity contribution in [1.82, 2.24) is 0 Å². The maximum absolute atomic E-state index is 12.4. The molecule has 0 bridgehead atoms. The van der Waals surface area contributed by atoms with Gasteiger partial charge in [0.2, 0.25) is 0 Å². The largest absolute Gasteiger partial charge is 0.299 e. The molecule has 0 fully saturated rings. The van der Waals surface area contributed by atoms with Crippen LogP contribution in [-0.4, -0.2) is 11.6 Å². The van der Waals surface area contributed by atoms with E-state index in [1.807, 2.05) is 48.5 Å². The van der Waals surface area contributed by atoms with E-state index in [9.17, 15) is 9.59 Å². The van der Waals surface area contributed by atoms with E-state index >= 15 is 0 Å². The summed E-state index contributed by atoms with van der Waals surface area (Å²) in [5, 5.41) is 0. The van der Waals surface area contributed by atoms with Gasteiger partial charge < -0.3 is 0 Å². The van der Waals surface area contributed by atoms with Gasteiger partial charge in [0.25, 0.3) is 0 Å². The standard InChI is InChI=1S/C18H18O2/c1-14(19)17(13-12-15-8-4-2-5-9-15)18(20)16-10-6-3-7-11-16/h2-11,17H,12-13H2,1H3. The van der Waals surface area contributed by atoms with Gasteiger partial charge in [0.1, 0.15) is 5.78 Å². The molecule has 2 aromatic carbocycles. The molecule has 0 saturated heterocycles. The second-order valence-electron chi connectivity index (χ2n) is 4.92. The molecule has 0 heterocycles. The average molecular weight is 266 g/mol. The summed E-state index contributed by atoms with van der Waals surface area (Å²) in [5.41, 5.74) is 1.76. The highest BCUT2D eigenvalue weighted by molar-refractivity contribution is 6.10. The summed E-state index contributed by atoms with van der Waals surface area (Å²) >= 11 is 0. The Hall–Kier alpha value is -2.22. The molecule has 2 nitrogen and oxygen atoms in total. The molecule has 20 heavy (non-hydrogen) atoms. The van der Waals surface area contributed by atoms with Gasteiger partial charge in [-0.2, -0.15) is 0 Å². The van der Waals surface area contributed by atoms with Crippen LogP contribution in [0.25, 0.3) is 0 Å². The second kappa shape index (κ2) is 6.80. The summed E-state index contributed by atoms with van der Waals surface area (Å²) < 4.78 is 0. The molecule has 0 saturated carbocycles. The van der Waals surface area contributed by atoms with E-state index in [4.69, 9.17) is 0 Å². The molecule has 2 aromatic rings. The van der Waals surface area contributed by atoms with E-state index in [2.05, 4.69) is 0 Å². The summed E-state index contributed by atoms with van der Waals surface area (Å²) in [5.74, 6) is -0.679. The Morgan fingerprint density at radius 2 is 1.45 bits per heavy atom. The Bertz CT molecular complexity index is 573. The van der Waals surface area contributed by atoms with E-state index in [0.717, 1.165) is 12.0 Å². The first-order valence-corrected chi connectivity index (χ1v) is 6.82. The highest BCUT2D eigenvalue weighted by Crippen LogP contribution is 2.17. The van der Waals surface area contributed by atoms with Crippen molar-refractivity contribution >= 4 is 11.6 Å². The van der Waals surface area contributed by atoms with Crippen molar-refractivity contribution in [3.8, 4) is 0 Å². The van der Waals surface area contributed by atoms with Crippen LogP contribution >= 0.6 is 0 Å². The van der Waals surface area contributed by atoms with Gasteiger partial charge in [-0.15, -0.1) is 0 Å². The fourth-order valence-electron chi connectivity index (χ4n) is 2.28. The Balaban J connectivity index is 2.08. The number of Topliss-reactive ketones (excluding diaryl/α,β-unsaturated/α-hetero) is 2. The zero-order valence-electron chi connectivity index (χ0n) is 11.6. The third kappa shape index (κ3) is 3.64.